The average molecular weight is 200 g/mol. The van der Waals surface area contributed by atoms with E-state index in [1.807, 2.05) is 6.92 Å². The molecule has 2 N–H and O–H groups in total. The van der Waals surface area contributed by atoms with Crippen molar-refractivity contribution in [3.63, 3.8) is 0 Å². The van der Waals surface area contributed by atoms with Gasteiger partial charge in [0, 0.05) is 0 Å². The molecule has 2 unspecified atom stereocenters. The van der Waals surface area contributed by atoms with Gasteiger partial charge in [-0.05, 0) is 13.3 Å². The molecule has 0 aromatic rings. The lowest BCUT2D eigenvalue weighted by molar-refractivity contribution is -0.147. The zero-order chi connectivity index (χ0) is 10.6. The molecule has 0 saturated carbocycles. The van der Waals surface area contributed by atoms with Gasteiger partial charge in [0.05, 0.1) is 19.2 Å². The average Bonchev–Trinajstić information content (AvgIpc) is 2.17. The molecule has 14 heavy (non-hydrogen) atoms. The van der Waals surface area contributed by atoms with Crippen molar-refractivity contribution in [3.05, 3.63) is 0 Å². The molecule has 1 saturated heterocycles. The van der Waals surface area contributed by atoms with Crippen LogP contribution in [0.4, 0.5) is 0 Å². The second-order valence-corrected chi connectivity index (χ2v) is 3.19. The number of ether oxygens (including phenoxy) is 1. The van der Waals surface area contributed by atoms with Gasteiger partial charge in [-0.1, -0.05) is 6.92 Å². The molecular formula is C9H16N2O3. The van der Waals surface area contributed by atoms with E-state index in [1.54, 1.807) is 6.92 Å². The van der Waals surface area contributed by atoms with Crippen LogP contribution in [-0.4, -0.2) is 37.1 Å². The Morgan fingerprint density at radius 2 is 2.29 bits per heavy atom. The molecule has 0 bridgehead atoms. The van der Waals surface area contributed by atoms with Crippen LogP contribution in [0.25, 0.3) is 0 Å². The van der Waals surface area contributed by atoms with Crippen molar-refractivity contribution in [2.75, 3.05) is 13.2 Å². The Labute approximate surface area is 83.2 Å². The number of carbonyl (C=O) groups is 2. The minimum Gasteiger partial charge on any atom is -0.465 e. The topological polar surface area (TPSA) is 67.4 Å². The summed E-state index contributed by atoms with van der Waals surface area (Å²) in [6.07, 6.45) is 0.711. The summed E-state index contributed by atoms with van der Waals surface area (Å²) < 4.78 is 4.90. The summed E-state index contributed by atoms with van der Waals surface area (Å²) in [6, 6.07) is -0.562. The summed E-state index contributed by atoms with van der Waals surface area (Å²) in [7, 11) is 0. The zero-order valence-electron chi connectivity index (χ0n) is 8.50. The smallest absolute Gasteiger partial charge is 0.325 e. The van der Waals surface area contributed by atoms with Crippen molar-refractivity contribution in [2.45, 2.75) is 32.4 Å². The first-order chi connectivity index (χ1) is 6.69. The summed E-state index contributed by atoms with van der Waals surface area (Å²) in [6.45, 7) is 4.23. The third-order valence-corrected chi connectivity index (χ3v) is 2.21. The fourth-order valence-electron chi connectivity index (χ4n) is 1.50. The van der Waals surface area contributed by atoms with Crippen LogP contribution in [0.2, 0.25) is 0 Å². The van der Waals surface area contributed by atoms with E-state index in [4.69, 9.17) is 4.74 Å². The fraction of sp³-hybridized carbons (Fsp3) is 0.778. The van der Waals surface area contributed by atoms with E-state index in [-0.39, 0.29) is 24.5 Å². The Kier molecular flexibility index (Phi) is 3.88. The lowest BCUT2D eigenvalue weighted by Gasteiger charge is -2.30. The van der Waals surface area contributed by atoms with Crippen LogP contribution in [0.3, 0.4) is 0 Å². The van der Waals surface area contributed by atoms with Gasteiger partial charge in [-0.3, -0.25) is 14.9 Å². The number of amides is 1. The second-order valence-electron chi connectivity index (χ2n) is 3.19. The largest absolute Gasteiger partial charge is 0.465 e. The van der Waals surface area contributed by atoms with Crippen LogP contribution in [-0.2, 0) is 14.3 Å². The van der Waals surface area contributed by atoms with Gasteiger partial charge in [0.25, 0.3) is 0 Å². The summed E-state index contributed by atoms with van der Waals surface area (Å²) >= 11 is 0. The Bertz CT molecular complexity index is 230. The predicted molar refractivity (Wildman–Crippen MR) is 50.6 cm³/mol. The van der Waals surface area contributed by atoms with E-state index in [0.29, 0.717) is 13.0 Å². The molecule has 5 nitrogen and oxygen atoms in total. The number of carbonyl (C=O) groups excluding carboxylic acids is 2. The first-order valence-electron chi connectivity index (χ1n) is 4.88. The van der Waals surface area contributed by atoms with Crippen molar-refractivity contribution in [1.82, 2.24) is 10.6 Å². The van der Waals surface area contributed by atoms with E-state index in [9.17, 15) is 9.59 Å². The first-order valence-corrected chi connectivity index (χ1v) is 4.88. The Morgan fingerprint density at radius 1 is 1.57 bits per heavy atom. The number of rotatable bonds is 3. The number of nitrogens with one attached hydrogen (secondary N) is 2. The molecular weight excluding hydrogens is 184 g/mol. The second kappa shape index (κ2) is 4.95. The molecule has 80 valence electrons. The van der Waals surface area contributed by atoms with Crippen LogP contribution < -0.4 is 10.6 Å². The molecule has 1 rings (SSSR count). The third-order valence-electron chi connectivity index (χ3n) is 2.21. The molecule has 1 fully saturated rings. The number of esters is 1. The van der Waals surface area contributed by atoms with E-state index in [1.165, 1.54) is 0 Å². The number of hydrogen-bond donors (Lipinski definition) is 2. The minimum atomic E-state index is -0.405. The Hall–Kier alpha value is -1.10. The molecule has 0 aromatic carbocycles. The normalized spacial score (nSPS) is 26.9. The molecule has 1 aliphatic heterocycles. The fourth-order valence-corrected chi connectivity index (χ4v) is 1.50. The minimum absolute atomic E-state index is 0.0719. The predicted octanol–water partition coefficient (Wildman–Crippen LogP) is -0.584. The molecule has 0 spiro atoms. The van der Waals surface area contributed by atoms with Gasteiger partial charge in [-0.25, -0.2) is 0 Å². The highest BCUT2D eigenvalue weighted by atomic mass is 16.5. The third kappa shape index (κ3) is 2.45. The van der Waals surface area contributed by atoms with Gasteiger partial charge < -0.3 is 10.1 Å². The van der Waals surface area contributed by atoms with Gasteiger partial charge in [0.15, 0.2) is 0 Å². The molecule has 1 heterocycles. The molecule has 0 aromatic heterocycles. The van der Waals surface area contributed by atoms with Crippen LogP contribution >= 0.6 is 0 Å². The SMILES string of the molecule is CCOC(=O)C1NCC(=O)NC1CC. The maximum atomic E-state index is 11.4. The van der Waals surface area contributed by atoms with Gasteiger partial charge in [-0.15, -0.1) is 0 Å². The highest BCUT2D eigenvalue weighted by molar-refractivity contribution is 5.84. The zero-order valence-corrected chi connectivity index (χ0v) is 8.50. The monoisotopic (exact) mass is 200 g/mol. The van der Waals surface area contributed by atoms with Gasteiger partial charge in [0.1, 0.15) is 6.04 Å². The maximum Gasteiger partial charge on any atom is 0.325 e. The molecule has 5 heteroatoms. The first kappa shape index (κ1) is 11.0. The van der Waals surface area contributed by atoms with E-state index in [0.717, 1.165) is 0 Å². The quantitative estimate of drug-likeness (QED) is 0.598. The van der Waals surface area contributed by atoms with Gasteiger partial charge >= 0.3 is 5.97 Å². The van der Waals surface area contributed by atoms with Crippen LogP contribution in [0.1, 0.15) is 20.3 Å². The Morgan fingerprint density at radius 3 is 2.86 bits per heavy atom. The summed E-state index contributed by atoms with van der Waals surface area (Å²) in [4.78, 5) is 22.5. The van der Waals surface area contributed by atoms with Crippen molar-refractivity contribution in [1.29, 1.82) is 0 Å². The highest BCUT2D eigenvalue weighted by Gasteiger charge is 2.33. The van der Waals surface area contributed by atoms with Crippen LogP contribution in [0.15, 0.2) is 0 Å². The molecule has 1 aliphatic rings. The van der Waals surface area contributed by atoms with E-state index < -0.39 is 6.04 Å². The lowest BCUT2D eigenvalue weighted by atomic mass is 10.0. The summed E-state index contributed by atoms with van der Waals surface area (Å²) in [5.74, 6) is -0.364. The molecule has 1 amide bonds. The highest BCUT2D eigenvalue weighted by Crippen LogP contribution is 2.05. The van der Waals surface area contributed by atoms with Crippen molar-refractivity contribution in [2.24, 2.45) is 0 Å². The molecule has 2 atom stereocenters. The van der Waals surface area contributed by atoms with Crippen molar-refractivity contribution >= 4 is 11.9 Å². The molecule has 0 radical (unpaired) electrons. The lowest BCUT2D eigenvalue weighted by Crippen LogP contribution is -2.61. The Balaban J connectivity index is 2.57. The van der Waals surface area contributed by atoms with E-state index in [2.05, 4.69) is 10.6 Å². The van der Waals surface area contributed by atoms with Gasteiger partial charge in [-0.2, -0.15) is 0 Å². The molecule has 0 aliphatic carbocycles. The summed E-state index contributed by atoms with van der Waals surface area (Å²) in [5.41, 5.74) is 0. The van der Waals surface area contributed by atoms with Crippen molar-refractivity contribution < 1.29 is 14.3 Å². The summed E-state index contributed by atoms with van der Waals surface area (Å²) in [5, 5.41) is 5.62. The standard InChI is InChI=1S/C9H16N2O3/c1-3-6-8(9(13)14-4-2)10-5-7(12)11-6/h6,8,10H,3-5H2,1-2H3,(H,11,12). The number of piperazine rings is 1. The van der Waals surface area contributed by atoms with Crippen molar-refractivity contribution in [3.8, 4) is 0 Å². The number of hydrogen-bond acceptors (Lipinski definition) is 4. The van der Waals surface area contributed by atoms with Crippen LogP contribution in [0.5, 0.6) is 0 Å². The van der Waals surface area contributed by atoms with E-state index >= 15 is 0 Å². The van der Waals surface area contributed by atoms with Crippen LogP contribution in [0, 0.1) is 0 Å². The maximum absolute atomic E-state index is 11.4. The van der Waals surface area contributed by atoms with Gasteiger partial charge in [0.2, 0.25) is 5.91 Å².